The Labute approximate surface area is 131 Å². The number of carbonyl (C=O) groups excluding carboxylic acids is 1. The van der Waals surface area contributed by atoms with Gasteiger partial charge in [-0.05, 0) is 37.1 Å². The van der Waals surface area contributed by atoms with E-state index in [-0.39, 0.29) is 30.2 Å². The van der Waals surface area contributed by atoms with Crippen LogP contribution in [0.5, 0.6) is 0 Å². The third-order valence-electron chi connectivity index (χ3n) is 3.66. The summed E-state index contributed by atoms with van der Waals surface area (Å²) in [5.74, 6) is -0.179. The fourth-order valence-electron chi connectivity index (χ4n) is 2.61. The first-order valence-electron chi connectivity index (χ1n) is 7.17. The number of nitrogens with two attached hydrogens (primary N) is 1. The van der Waals surface area contributed by atoms with Gasteiger partial charge in [0.05, 0.1) is 6.04 Å². The summed E-state index contributed by atoms with van der Waals surface area (Å²) in [5, 5.41) is 2.86. The second-order valence-electron chi connectivity index (χ2n) is 5.19. The topological polar surface area (TPSA) is 58.4 Å². The van der Waals surface area contributed by atoms with Crippen LogP contribution < -0.4 is 11.1 Å². The molecule has 21 heavy (non-hydrogen) atoms. The molecule has 1 fully saturated rings. The van der Waals surface area contributed by atoms with Gasteiger partial charge in [-0.2, -0.15) is 0 Å². The Bertz CT molecular complexity index is 441. The van der Waals surface area contributed by atoms with Crippen LogP contribution in [0.1, 0.15) is 24.8 Å². The number of nitrogens with zero attached hydrogens (tertiary/aromatic N) is 1. The maximum Gasteiger partial charge on any atom is 0.237 e. The van der Waals surface area contributed by atoms with Crippen molar-refractivity contribution in [2.75, 3.05) is 19.6 Å². The number of rotatable bonds is 5. The smallest absolute Gasteiger partial charge is 0.237 e. The zero-order chi connectivity index (χ0) is 14.4. The summed E-state index contributed by atoms with van der Waals surface area (Å²) in [6.07, 6.45) is 3.04. The number of carbonyl (C=O) groups is 1. The van der Waals surface area contributed by atoms with Gasteiger partial charge in [0.1, 0.15) is 5.82 Å². The van der Waals surface area contributed by atoms with Crippen molar-refractivity contribution in [3.8, 4) is 0 Å². The lowest BCUT2D eigenvalue weighted by atomic mass is 10.0. The molecule has 4 nitrogen and oxygen atoms in total. The Morgan fingerprint density at radius 1 is 1.33 bits per heavy atom. The second-order valence-corrected chi connectivity index (χ2v) is 5.19. The van der Waals surface area contributed by atoms with Crippen molar-refractivity contribution in [3.63, 3.8) is 0 Å². The van der Waals surface area contributed by atoms with Gasteiger partial charge in [-0.25, -0.2) is 4.39 Å². The van der Waals surface area contributed by atoms with Gasteiger partial charge in [-0.1, -0.05) is 18.6 Å². The van der Waals surface area contributed by atoms with Crippen molar-refractivity contribution >= 4 is 18.3 Å². The van der Waals surface area contributed by atoms with Crippen LogP contribution in [0.4, 0.5) is 4.39 Å². The highest BCUT2D eigenvalue weighted by Gasteiger charge is 2.28. The van der Waals surface area contributed by atoms with Crippen molar-refractivity contribution in [1.82, 2.24) is 10.2 Å². The van der Waals surface area contributed by atoms with E-state index in [9.17, 15) is 9.18 Å². The minimum Gasteiger partial charge on any atom is -0.353 e. The molecule has 1 saturated heterocycles. The first kappa shape index (κ1) is 17.9. The molecule has 1 aromatic carbocycles. The van der Waals surface area contributed by atoms with E-state index in [1.807, 2.05) is 0 Å². The highest BCUT2D eigenvalue weighted by molar-refractivity contribution is 5.85. The lowest BCUT2D eigenvalue weighted by Crippen LogP contribution is -2.49. The highest BCUT2D eigenvalue weighted by Crippen LogP contribution is 2.20. The minimum absolute atomic E-state index is 0. The molecule has 1 aliphatic heterocycles. The number of hydrogen-bond acceptors (Lipinski definition) is 3. The molecule has 0 radical (unpaired) electrons. The molecule has 0 aliphatic carbocycles. The van der Waals surface area contributed by atoms with Gasteiger partial charge in [0.2, 0.25) is 5.91 Å². The standard InChI is InChI=1S/C15H22FN3O.ClH/c16-13-6-4-12(5-7-13)11-19-10-2-1-3-14(19)15(20)18-9-8-17;/h4-7,14H,1-3,8-11,17H2,(H,18,20);1H. The number of benzene rings is 1. The van der Waals surface area contributed by atoms with Crippen LogP contribution in [0.3, 0.4) is 0 Å². The van der Waals surface area contributed by atoms with Crippen LogP contribution in [0, 0.1) is 5.82 Å². The molecular weight excluding hydrogens is 293 g/mol. The van der Waals surface area contributed by atoms with E-state index >= 15 is 0 Å². The summed E-state index contributed by atoms with van der Waals surface area (Å²) in [6, 6.07) is 6.38. The lowest BCUT2D eigenvalue weighted by Gasteiger charge is -2.34. The number of amides is 1. The summed E-state index contributed by atoms with van der Waals surface area (Å²) < 4.78 is 12.9. The zero-order valence-corrected chi connectivity index (χ0v) is 12.9. The maximum atomic E-state index is 12.9. The third-order valence-corrected chi connectivity index (χ3v) is 3.66. The van der Waals surface area contributed by atoms with E-state index in [0.29, 0.717) is 19.6 Å². The van der Waals surface area contributed by atoms with Crippen molar-refractivity contribution in [3.05, 3.63) is 35.6 Å². The van der Waals surface area contributed by atoms with Crippen LogP contribution in [0.25, 0.3) is 0 Å². The van der Waals surface area contributed by atoms with Crippen LogP contribution in [0.15, 0.2) is 24.3 Å². The van der Waals surface area contributed by atoms with E-state index < -0.39 is 0 Å². The molecule has 1 aliphatic rings. The maximum absolute atomic E-state index is 12.9. The zero-order valence-electron chi connectivity index (χ0n) is 12.1. The van der Waals surface area contributed by atoms with Gasteiger partial charge in [0, 0.05) is 19.6 Å². The lowest BCUT2D eigenvalue weighted by molar-refractivity contribution is -0.127. The van der Waals surface area contributed by atoms with Crippen LogP contribution in [0.2, 0.25) is 0 Å². The molecule has 1 heterocycles. The van der Waals surface area contributed by atoms with E-state index in [0.717, 1.165) is 31.4 Å². The fraction of sp³-hybridized carbons (Fsp3) is 0.533. The molecule has 0 saturated carbocycles. The molecule has 0 bridgehead atoms. The van der Waals surface area contributed by atoms with E-state index in [1.165, 1.54) is 12.1 Å². The largest absolute Gasteiger partial charge is 0.353 e. The van der Waals surface area contributed by atoms with E-state index in [2.05, 4.69) is 10.2 Å². The number of piperidine rings is 1. The third kappa shape index (κ3) is 5.26. The predicted octanol–water partition coefficient (Wildman–Crippen LogP) is 1.68. The molecular formula is C15H23ClFN3O. The van der Waals surface area contributed by atoms with Crippen molar-refractivity contribution in [2.45, 2.75) is 31.8 Å². The van der Waals surface area contributed by atoms with Crippen molar-refractivity contribution in [2.24, 2.45) is 5.73 Å². The molecule has 0 aromatic heterocycles. The van der Waals surface area contributed by atoms with Gasteiger partial charge >= 0.3 is 0 Å². The molecule has 1 atom stereocenters. The van der Waals surface area contributed by atoms with E-state index in [4.69, 9.17) is 5.73 Å². The summed E-state index contributed by atoms with van der Waals surface area (Å²) in [4.78, 5) is 14.3. The van der Waals surface area contributed by atoms with E-state index in [1.54, 1.807) is 12.1 Å². The molecule has 1 amide bonds. The Hall–Kier alpha value is -1.17. The Morgan fingerprint density at radius 2 is 2.05 bits per heavy atom. The van der Waals surface area contributed by atoms with Gasteiger partial charge < -0.3 is 11.1 Å². The number of nitrogens with one attached hydrogen (secondary N) is 1. The summed E-state index contributed by atoms with van der Waals surface area (Å²) in [7, 11) is 0. The molecule has 6 heteroatoms. The average molecular weight is 316 g/mol. The van der Waals surface area contributed by atoms with Crippen molar-refractivity contribution < 1.29 is 9.18 Å². The number of likely N-dealkylation sites (tertiary alicyclic amines) is 1. The molecule has 2 rings (SSSR count). The molecule has 3 N–H and O–H groups in total. The number of halogens is 2. The summed E-state index contributed by atoms with van der Waals surface area (Å²) in [5.41, 5.74) is 6.45. The Kier molecular flexibility index (Phi) is 7.64. The molecule has 118 valence electrons. The monoisotopic (exact) mass is 315 g/mol. The predicted molar refractivity (Wildman–Crippen MR) is 83.8 cm³/mol. The minimum atomic E-state index is -0.232. The SMILES string of the molecule is Cl.NCCNC(=O)C1CCCCN1Cc1ccc(F)cc1. The quantitative estimate of drug-likeness (QED) is 0.869. The number of hydrogen-bond donors (Lipinski definition) is 2. The first-order chi connectivity index (χ1) is 9.70. The molecule has 1 unspecified atom stereocenters. The average Bonchev–Trinajstić information content (AvgIpc) is 2.48. The molecule has 0 spiro atoms. The van der Waals surface area contributed by atoms with Crippen LogP contribution in [-0.2, 0) is 11.3 Å². The van der Waals surface area contributed by atoms with Crippen molar-refractivity contribution in [1.29, 1.82) is 0 Å². The van der Waals surface area contributed by atoms with Crippen LogP contribution >= 0.6 is 12.4 Å². The second kappa shape index (κ2) is 8.97. The fourth-order valence-corrected chi connectivity index (χ4v) is 2.61. The first-order valence-corrected chi connectivity index (χ1v) is 7.17. The van der Waals surface area contributed by atoms with Gasteiger partial charge in [0.15, 0.2) is 0 Å². The Morgan fingerprint density at radius 3 is 2.71 bits per heavy atom. The Balaban J connectivity index is 0.00000220. The summed E-state index contributed by atoms with van der Waals surface area (Å²) >= 11 is 0. The van der Waals surface area contributed by atoms with Gasteiger partial charge in [-0.3, -0.25) is 9.69 Å². The van der Waals surface area contributed by atoms with Gasteiger partial charge in [0.25, 0.3) is 0 Å². The highest BCUT2D eigenvalue weighted by atomic mass is 35.5. The summed E-state index contributed by atoms with van der Waals surface area (Å²) in [6.45, 7) is 2.55. The normalized spacial score (nSPS) is 18.9. The molecule has 1 aromatic rings. The van der Waals surface area contributed by atoms with Crippen LogP contribution in [-0.4, -0.2) is 36.5 Å². The van der Waals surface area contributed by atoms with Gasteiger partial charge in [-0.15, -0.1) is 12.4 Å².